The number of hydrogen-bond acceptors (Lipinski definition) is 6. The molecule has 1 aromatic heterocycles. The SMILES string of the molecule is O=C(/C=C/c1ccsc1)OCC(=O)N1CCCc2cc([N+](=O)[O-])ccc21. The highest BCUT2D eigenvalue weighted by atomic mass is 32.1. The Labute approximate surface area is 153 Å². The summed E-state index contributed by atoms with van der Waals surface area (Å²) >= 11 is 1.52. The number of thiophene rings is 1. The number of anilines is 1. The average molecular weight is 372 g/mol. The first-order chi connectivity index (χ1) is 12.5. The molecule has 1 aliphatic rings. The zero-order chi connectivity index (χ0) is 18.5. The molecule has 0 N–H and O–H groups in total. The van der Waals surface area contributed by atoms with Crippen LogP contribution in [0.4, 0.5) is 11.4 Å². The summed E-state index contributed by atoms with van der Waals surface area (Å²) in [6.07, 6.45) is 4.28. The standard InChI is InChI=1S/C18H16N2O5S/c21-17(11-25-18(22)6-3-13-7-9-26-12-13)19-8-1-2-14-10-15(20(23)24)4-5-16(14)19/h3-7,9-10,12H,1-2,8,11H2/b6-3+. The van der Waals surface area contributed by atoms with Crippen molar-refractivity contribution in [3.8, 4) is 0 Å². The molecule has 134 valence electrons. The second kappa shape index (κ2) is 7.92. The number of nitro groups is 1. The third-order valence-corrected chi connectivity index (χ3v) is 4.69. The van der Waals surface area contributed by atoms with E-state index in [-0.39, 0.29) is 18.2 Å². The molecule has 0 radical (unpaired) electrons. The number of aryl methyl sites for hydroxylation is 1. The smallest absolute Gasteiger partial charge is 0.331 e. The van der Waals surface area contributed by atoms with Crippen molar-refractivity contribution in [2.45, 2.75) is 12.8 Å². The zero-order valence-electron chi connectivity index (χ0n) is 13.8. The number of nitro benzene ring substituents is 1. The van der Waals surface area contributed by atoms with E-state index >= 15 is 0 Å². The van der Waals surface area contributed by atoms with Crippen LogP contribution in [0.5, 0.6) is 0 Å². The molecule has 0 aliphatic carbocycles. The molecule has 7 nitrogen and oxygen atoms in total. The van der Waals surface area contributed by atoms with Crippen molar-refractivity contribution in [2.75, 3.05) is 18.1 Å². The van der Waals surface area contributed by atoms with Crippen LogP contribution >= 0.6 is 11.3 Å². The number of hydrogen-bond donors (Lipinski definition) is 0. The summed E-state index contributed by atoms with van der Waals surface area (Å²) in [7, 11) is 0. The van der Waals surface area contributed by atoms with Crippen LogP contribution in [-0.4, -0.2) is 30.0 Å². The maximum atomic E-state index is 12.4. The first-order valence-electron chi connectivity index (χ1n) is 7.99. The Bertz CT molecular complexity index is 860. The van der Waals surface area contributed by atoms with Crippen molar-refractivity contribution in [1.82, 2.24) is 0 Å². The van der Waals surface area contributed by atoms with Crippen LogP contribution in [-0.2, 0) is 20.7 Å². The number of nitrogens with zero attached hydrogens (tertiary/aromatic N) is 2. The quantitative estimate of drug-likeness (QED) is 0.348. The lowest BCUT2D eigenvalue weighted by Crippen LogP contribution is -2.38. The van der Waals surface area contributed by atoms with Gasteiger partial charge in [-0.3, -0.25) is 14.9 Å². The maximum Gasteiger partial charge on any atom is 0.331 e. The van der Waals surface area contributed by atoms with Crippen molar-refractivity contribution in [2.24, 2.45) is 0 Å². The number of esters is 1. The number of fused-ring (bicyclic) bond motifs is 1. The minimum Gasteiger partial charge on any atom is -0.452 e. The molecule has 26 heavy (non-hydrogen) atoms. The van der Waals surface area contributed by atoms with Gasteiger partial charge in [-0.05, 0) is 52.9 Å². The van der Waals surface area contributed by atoms with Crippen LogP contribution in [0.2, 0.25) is 0 Å². The minimum atomic E-state index is -0.592. The highest BCUT2D eigenvalue weighted by molar-refractivity contribution is 7.08. The molecule has 0 bridgehead atoms. The number of carbonyl (C=O) groups excluding carboxylic acids is 2. The van der Waals surface area contributed by atoms with Gasteiger partial charge in [-0.1, -0.05) is 0 Å². The lowest BCUT2D eigenvalue weighted by molar-refractivity contribution is -0.384. The van der Waals surface area contributed by atoms with E-state index in [4.69, 9.17) is 4.74 Å². The third kappa shape index (κ3) is 4.15. The first kappa shape index (κ1) is 17.8. The third-order valence-electron chi connectivity index (χ3n) is 3.99. The van der Waals surface area contributed by atoms with Gasteiger partial charge in [0, 0.05) is 30.4 Å². The lowest BCUT2D eigenvalue weighted by Gasteiger charge is -2.29. The highest BCUT2D eigenvalue weighted by Gasteiger charge is 2.24. The maximum absolute atomic E-state index is 12.4. The molecule has 3 rings (SSSR count). The lowest BCUT2D eigenvalue weighted by atomic mass is 10.0. The van der Waals surface area contributed by atoms with Crippen molar-refractivity contribution >= 4 is 40.7 Å². The van der Waals surface area contributed by atoms with E-state index in [0.717, 1.165) is 11.1 Å². The summed E-state index contributed by atoms with van der Waals surface area (Å²) in [5.41, 5.74) is 2.28. The van der Waals surface area contributed by atoms with Gasteiger partial charge in [-0.15, -0.1) is 0 Å². The molecule has 1 aliphatic heterocycles. The van der Waals surface area contributed by atoms with Gasteiger partial charge < -0.3 is 9.64 Å². The van der Waals surface area contributed by atoms with Crippen molar-refractivity contribution < 1.29 is 19.2 Å². The molecule has 0 unspecified atom stereocenters. The molecule has 0 atom stereocenters. The van der Waals surface area contributed by atoms with Gasteiger partial charge in [-0.2, -0.15) is 11.3 Å². The monoisotopic (exact) mass is 372 g/mol. The molecule has 2 heterocycles. The molecule has 0 fully saturated rings. The number of benzene rings is 1. The van der Waals surface area contributed by atoms with E-state index in [1.807, 2.05) is 16.8 Å². The van der Waals surface area contributed by atoms with Gasteiger partial charge in [0.25, 0.3) is 11.6 Å². The Balaban J connectivity index is 1.62. The molecule has 1 aromatic carbocycles. The molecule has 0 spiro atoms. The minimum absolute atomic E-state index is 0.00282. The number of ether oxygens (including phenoxy) is 1. The van der Waals surface area contributed by atoms with Crippen LogP contribution in [0.1, 0.15) is 17.5 Å². The summed E-state index contributed by atoms with van der Waals surface area (Å²) in [4.78, 5) is 36.1. The van der Waals surface area contributed by atoms with Crippen LogP contribution in [0.15, 0.2) is 41.1 Å². The first-order valence-corrected chi connectivity index (χ1v) is 8.93. The second-order valence-electron chi connectivity index (χ2n) is 5.72. The summed E-state index contributed by atoms with van der Waals surface area (Å²) in [6.45, 7) is 0.120. The van der Waals surface area contributed by atoms with Crippen LogP contribution in [0.25, 0.3) is 6.08 Å². The second-order valence-corrected chi connectivity index (χ2v) is 6.50. The van der Waals surface area contributed by atoms with E-state index < -0.39 is 10.9 Å². The average Bonchev–Trinajstić information content (AvgIpc) is 3.17. The van der Waals surface area contributed by atoms with Gasteiger partial charge >= 0.3 is 5.97 Å². The fourth-order valence-corrected chi connectivity index (χ4v) is 3.38. The van der Waals surface area contributed by atoms with E-state index in [1.54, 1.807) is 12.1 Å². The molecule has 8 heteroatoms. The predicted molar refractivity (Wildman–Crippen MR) is 98.1 cm³/mol. The van der Waals surface area contributed by atoms with E-state index in [1.165, 1.54) is 34.4 Å². The summed E-state index contributed by atoms with van der Waals surface area (Å²) in [5, 5.41) is 14.7. The Morgan fingerprint density at radius 1 is 1.35 bits per heavy atom. The van der Waals surface area contributed by atoms with Gasteiger partial charge in [-0.25, -0.2) is 4.79 Å². The fourth-order valence-electron chi connectivity index (χ4n) is 2.75. The highest BCUT2D eigenvalue weighted by Crippen LogP contribution is 2.30. The van der Waals surface area contributed by atoms with E-state index in [9.17, 15) is 19.7 Å². The summed E-state index contributed by atoms with van der Waals surface area (Å²) in [6, 6.07) is 6.30. The number of amides is 1. The van der Waals surface area contributed by atoms with Crippen LogP contribution in [0.3, 0.4) is 0 Å². The topological polar surface area (TPSA) is 89.8 Å². The molecular formula is C18H16N2O5S. The van der Waals surface area contributed by atoms with Gasteiger partial charge in [0.1, 0.15) is 0 Å². The Morgan fingerprint density at radius 2 is 2.19 bits per heavy atom. The van der Waals surface area contributed by atoms with E-state index in [0.29, 0.717) is 25.1 Å². The largest absolute Gasteiger partial charge is 0.452 e. The Hall–Kier alpha value is -3.00. The van der Waals surface area contributed by atoms with Gasteiger partial charge in [0.2, 0.25) is 0 Å². The summed E-state index contributed by atoms with van der Waals surface area (Å²) in [5.74, 6) is -0.942. The van der Waals surface area contributed by atoms with Gasteiger partial charge in [0.05, 0.1) is 4.92 Å². The molecule has 0 saturated heterocycles. The summed E-state index contributed by atoms with van der Waals surface area (Å²) < 4.78 is 5.01. The van der Waals surface area contributed by atoms with Crippen LogP contribution < -0.4 is 4.90 Å². The van der Waals surface area contributed by atoms with Crippen molar-refractivity contribution in [3.63, 3.8) is 0 Å². The zero-order valence-corrected chi connectivity index (χ0v) is 14.6. The Morgan fingerprint density at radius 3 is 2.92 bits per heavy atom. The van der Waals surface area contributed by atoms with Gasteiger partial charge in [0.15, 0.2) is 6.61 Å². The molecule has 1 amide bonds. The molecular weight excluding hydrogens is 356 g/mol. The fraction of sp³-hybridized carbons (Fsp3) is 0.222. The number of non-ortho nitro benzene ring substituents is 1. The predicted octanol–water partition coefficient (Wildman–Crippen LogP) is 3.19. The number of carbonyl (C=O) groups is 2. The van der Waals surface area contributed by atoms with Crippen molar-refractivity contribution in [3.05, 3.63) is 62.3 Å². The van der Waals surface area contributed by atoms with Crippen LogP contribution in [0, 0.1) is 10.1 Å². The Kier molecular flexibility index (Phi) is 5.43. The molecule has 2 aromatic rings. The molecule has 0 saturated carbocycles. The normalized spacial score (nSPS) is 13.5. The van der Waals surface area contributed by atoms with E-state index in [2.05, 4.69) is 0 Å². The van der Waals surface area contributed by atoms with Crippen molar-refractivity contribution in [1.29, 1.82) is 0 Å². The number of rotatable bonds is 5.